The van der Waals surface area contributed by atoms with Crippen LogP contribution in [0.15, 0.2) is 9.98 Å². The topological polar surface area (TPSA) is 158 Å². The van der Waals surface area contributed by atoms with Gasteiger partial charge >= 0.3 is 0 Å². The minimum absolute atomic E-state index is 0.0260. The van der Waals surface area contributed by atoms with Gasteiger partial charge in [0, 0.05) is 72.8 Å². The molecule has 264 valence electrons. The molecule has 2 unspecified atom stereocenters. The predicted octanol–water partition coefficient (Wildman–Crippen LogP) is 4.98. The van der Waals surface area contributed by atoms with Gasteiger partial charge in [0.1, 0.15) is 0 Å². The minimum Gasteiger partial charge on any atom is -0.396 e. The average molecular weight is 857 g/mol. The molecule has 0 spiro atoms. The van der Waals surface area contributed by atoms with Crippen LogP contribution in [0.5, 0.6) is 0 Å². The molecule has 0 aliphatic carbocycles. The van der Waals surface area contributed by atoms with E-state index in [0.717, 1.165) is 49.8 Å². The van der Waals surface area contributed by atoms with Gasteiger partial charge in [0.05, 0.1) is 69.4 Å². The van der Waals surface area contributed by atoms with Crippen molar-refractivity contribution in [2.75, 3.05) is 110 Å². The lowest BCUT2D eigenvalue weighted by Gasteiger charge is -2.04. The van der Waals surface area contributed by atoms with Crippen LogP contribution in [0.2, 0.25) is 0 Å². The highest BCUT2D eigenvalue weighted by atomic mass is 32.2. The van der Waals surface area contributed by atoms with E-state index in [4.69, 9.17) is 10.2 Å². The van der Waals surface area contributed by atoms with Crippen LogP contribution in [0, 0.1) is 0 Å². The monoisotopic (exact) mass is 856 g/mol. The molecule has 0 fully saturated rings. The largest absolute Gasteiger partial charge is 0.396 e. The first kappa shape index (κ1) is 47.0. The summed E-state index contributed by atoms with van der Waals surface area (Å²) in [4.78, 5) is 32.0. The maximum absolute atomic E-state index is 12.0. The van der Waals surface area contributed by atoms with Crippen LogP contribution in [-0.4, -0.2) is 150 Å². The van der Waals surface area contributed by atoms with E-state index in [9.17, 15) is 18.0 Å². The maximum atomic E-state index is 12.0. The Morgan fingerprint density at radius 2 is 0.978 bits per heavy atom. The first-order chi connectivity index (χ1) is 22.0. The van der Waals surface area contributed by atoms with E-state index in [1.54, 1.807) is 94.1 Å². The maximum Gasteiger partial charge on any atom is 0.279 e. The fourth-order valence-corrected chi connectivity index (χ4v) is 13.0. The predicted molar refractivity (Wildman–Crippen MR) is 223 cm³/mol. The first-order valence-corrected chi connectivity index (χ1v) is 27.4. The van der Waals surface area contributed by atoms with Gasteiger partial charge < -0.3 is 20.8 Å². The van der Waals surface area contributed by atoms with Crippen molar-refractivity contribution in [3.63, 3.8) is 0 Å². The second kappa shape index (κ2) is 38.8. The van der Waals surface area contributed by atoms with E-state index in [2.05, 4.69) is 20.6 Å². The number of aliphatic hydroxyl groups is 2. The van der Waals surface area contributed by atoms with Crippen molar-refractivity contribution in [1.82, 2.24) is 10.6 Å². The van der Waals surface area contributed by atoms with Crippen molar-refractivity contribution >= 4 is 161 Å². The summed E-state index contributed by atoms with van der Waals surface area (Å²) in [5.41, 5.74) is 3.01. The molecule has 0 aliphatic heterocycles. The smallest absolute Gasteiger partial charge is 0.279 e. The van der Waals surface area contributed by atoms with Crippen molar-refractivity contribution in [2.45, 2.75) is 0 Å². The normalized spacial score (nSPS) is 13.0. The molecule has 22 heteroatoms. The van der Waals surface area contributed by atoms with Crippen LogP contribution in [0.3, 0.4) is 0 Å². The lowest BCUT2D eigenvalue weighted by molar-refractivity contribution is 0.261. The Kier molecular flexibility index (Phi) is 40.5. The number of hydrogen-bond donors (Lipinski definition) is 4. The summed E-state index contributed by atoms with van der Waals surface area (Å²) >= 11 is 15.7. The number of nitrogens with one attached hydrogen (secondary N) is 2. The summed E-state index contributed by atoms with van der Waals surface area (Å²) in [5, 5.41) is 25.6. The van der Waals surface area contributed by atoms with E-state index >= 15 is 0 Å². The average Bonchev–Trinajstić information content (AvgIpc) is 3.03. The van der Waals surface area contributed by atoms with Gasteiger partial charge in [-0.1, -0.05) is 23.5 Å². The molecular formula is C23H44N4O6S12. The zero-order valence-corrected chi connectivity index (χ0v) is 34.7. The molecule has 0 heterocycles. The SMILES string of the molecule is O=C(NCSCSCN=CS(=O)CCSCSCCSC(=O)NCSCSCN=CS(=O)CCSCCO)SCCSCCO. The van der Waals surface area contributed by atoms with Crippen molar-refractivity contribution in [2.24, 2.45) is 9.98 Å². The number of aliphatic imine (C=N–C) groups is 2. The Bertz CT molecular complexity index is 835. The van der Waals surface area contributed by atoms with Gasteiger partial charge in [-0.05, 0) is 0 Å². The van der Waals surface area contributed by atoms with Crippen LogP contribution in [-0.2, 0) is 21.6 Å². The molecule has 0 rings (SSSR count). The van der Waals surface area contributed by atoms with Crippen molar-refractivity contribution in [1.29, 1.82) is 0 Å². The molecule has 4 N–H and O–H groups in total. The number of hydrogen-bond acceptors (Lipinski definition) is 18. The van der Waals surface area contributed by atoms with Gasteiger partial charge in [0.25, 0.3) is 10.5 Å². The highest BCUT2D eigenvalue weighted by Gasteiger charge is 2.03. The molecule has 2 amide bonds. The summed E-state index contributed by atoms with van der Waals surface area (Å²) in [6.45, 7) is 0.311. The third-order valence-corrected chi connectivity index (χ3v) is 17.0. The zero-order chi connectivity index (χ0) is 33.1. The summed E-state index contributed by atoms with van der Waals surface area (Å²) < 4.78 is 23.8. The molecular weight excluding hydrogens is 813 g/mol. The van der Waals surface area contributed by atoms with Gasteiger partial charge in [0.2, 0.25) is 0 Å². The van der Waals surface area contributed by atoms with Gasteiger partial charge in [-0.15, -0.1) is 47.0 Å². The highest BCUT2D eigenvalue weighted by Crippen LogP contribution is 2.16. The Morgan fingerprint density at radius 3 is 1.49 bits per heavy atom. The Morgan fingerprint density at radius 1 is 0.556 bits per heavy atom. The van der Waals surface area contributed by atoms with E-state index in [1.807, 2.05) is 0 Å². The summed E-state index contributed by atoms with van der Waals surface area (Å²) in [6, 6.07) is 0. The third kappa shape index (κ3) is 38.7. The van der Waals surface area contributed by atoms with Crippen molar-refractivity contribution < 1.29 is 28.2 Å². The third-order valence-electron chi connectivity index (χ3n) is 4.10. The van der Waals surface area contributed by atoms with E-state index < -0.39 is 21.6 Å². The fraction of sp³-hybridized carbons (Fsp3) is 0.826. The lowest BCUT2D eigenvalue weighted by atomic mass is 10.9. The Balaban J connectivity index is 3.45. The first-order valence-electron chi connectivity index (χ1n) is 13.4. The standard InChI is InChI=1S/C23H44N4O6S12/c28-1-3-34-5-7-42-22(30)26-15-40-21-39-14-25-18-45(33)12-10-37-19-36-6-8-43-23(31)27-16-41-20-38-13-24-17-44(32)11-9-35-4-2-29/h17-18,28-29H,1-16,19-21H2,(H,26,30)(H,27,31). The van der Waals surface area contributed by atoms with Crippen LogP contribution in [0.4, 0.5) is 9.59 Å². The number of amides is 2. The number of nitrogens with zero attached hydrogens (tertiary/aromatic N) is 2. The zero-order valence-electron chi connectivity index (χ0n) is 24.9. The van der Waals surface area contributed by atoms with Crippen molar-refractivity contribution in [3.05, 3.63) is 0 Å². The number of rotatable bonds is 32. The van der Waals surface area contributed by atoms with Crippen LogP contribution >= 0.6 is 118 Å². The molecule has 0 aliphatic rings. The molecule has 0 radical (unpaired) electrons. The molecule has 45 heavy (non-hydrogen) atoms. The van der Waals surface area contributed by atoms with E-state index in [1.165, 1.54) is 34.6 Å². The second-order valence-electron chi connectivity index (χ2n) is 7.58. The molecule has 0 saturated carbocycles. The summed E-state index contributed by atoms with van der Waals surface area (Å²) in [6.07, 6.45) is 0. The molecule has 0 saturated heterocycles. The van der Waals surface area contributed by atoms with Gasteiger partial charge in [-0.2, -0.15) is 47.0 Å². The number of carbonyl (C=O) groups excluding carboxylic acids is 2. The second-order valence-corrected chi connectivity index (χ2v) is 22.1. The molecule has 0 aromatic heterocycles. The quantitative estimate of drug-likeness (QED) is 0.0311. The van der Waals surface area contributed by atoms with Crippen LogP contribution in [0.25, 0.3) is 0 Å². The number of aliphatic hydroxyl groups excluding tert-OH is 2. The van der Waals surface area contributed by atoms with E-state index in [-0.39, 0.29) is 23.7 Å². The van der Waals surface area contributed by atoms with Gasteiger partial charge in [0.15, 0.2) is 0 Å². The van der Waals surface area contributed by atoms with Crippen LogP contribution in [0.1, 0.15) is 0 Å². The summed E-state index contributed by atoms with van der Waals surface area (Å²) in [5.74, 6) is 9.42. The molecule has 0 bridgehead atoms. The molecule has 0 aromatic carbocycles. The number of carbonyl (C=O) groups is 2. The Labute approximate surface area is 316 Å². The lowest BCUT2D eigenvalue weighted by Crippen LogP contribution is -2.18. The van der Waals surface area contributed by atoms with Gasteiger partial charge in [-0.25, -0.2) is 0 Å². The Hall–Kier alpha value is 2.00. The highest BCUT2D eigenvalue weighted by molar-refractivity contribution is 8.18. The van der Waals surface area contributed by atoms with E-state index in [0.29, 0.717) is 46.5 Å². The van der Waals surface area contributed by atoms with Crippen LogP contribution < -0.4 is 10.6 Å². The van der Waals surface area contributed by atoms with Crippen molar-refractivity contribution in [3.8, 4) is 0 Å². The fourth-order valence-electron chi connectivity index (χ4n) is 2.21. The van der Waals surface area contributed by atoms with Gasteiger partial charge in [-0.3, -0.25) is 28.0 Å². The molecule has 2 atom stereocenters. The molecule has 10 nitrogen and oxygen atoms in total. The molecule has 0 aromatic rings. The summed E-state index contributed by atoms with van der Waals surface area (Å²) in [7, 11) is -2.13. The minimum atomic E-state index is -1.07. The number of thioether (sulfide) groups is 10.